The fourth-order valence-corrected chi connectivity index (χ4v) is 3.31. The zero-order valence-corrected chi connectivity index (χ0v) is 15.1. The molecule has 4 aromatic rings. The predicted octanol–water partition coefficient (Wildman–Crippen LogP) is 3.94. The molecule has 27 heavy (non-hydrogen) atoms. The second-order valence-electron chi connectivity index (χ2n) is 6.01. The Morgan fingerprint density at radius 2 is 2.15 bits per heavy atom. The molecule has 0 radical (unpaired) electrons. The van der Waals surface area contributed by atoms with Crippen molar-refractivity contribution in [1.82, 2.24) is 14.5 Å². The van der Waals surface area contributed by atoms with Gasteiger partial charge in [-0.3, -0.25) is 4.98 Å². The number of pyridine rings is 2. The van der Waals surface area contributed by atoms with Crippen molar-refractivity contribution < 1.29 is 9.53 Å². The van der Waals surface area contributed by atoms with Crippen molar-refractivity contribution >= 4 is 39.5 Å². The van der Waals surface area contributed by atoms with Crippen LogP contribution in [-0.4, -0.2) is 27.6 Å². The van der Waals surface area contributed by atoms with Crippen LogP contribution in [0, 0.1) is 11.3 Å². The first-order chi connectivity index (χ1) is 13.1. The number of hydrogen-bond donors (Lipinski definition) is 0. The Morgan fingerprint density at radius 3 is 2.93 bits per heavy atom. The van der Waals surface area contributed by atoms with Crippen LogP contribution in [0.2, 0.25) is 5.02 Å². The second-order valence-corrected chi connectivity index (χ2v) is 6.45. The third-order valence-corrected chi connectivity index (χ3v) is 4.55. The van der Waals surface area contributed by atoms with Crippen molar-refractivity contribution in [1.29, 1.82) is 5.26 Å². The Bertz CT molecular complexity index is 1240. The van der Waals surface area contributed by atoms with E-state index in [1.165, 1.54) is 7.11 Å². The molecule has 0 unspecified atom stereocenters. The lowest BCUT2D eigenvalue weighted by molar-refractivity contribution is 0.0602. The van der Waals surface area contributed by atoms with Gasteiger partial charge in [0.2, 0.25) is 0 Å². The maximum absolute atomic E-state index is 12.2. The molecule has 0 saturated carbocycles. The topological polar surface area (TPSA) is 80.8 Å². The van der Waals surface area contributed by atoms with Crippen molar-refractivity contribution in [3.63, 3.8) is 0 Å². The molecule has 7 heteroatoms. The van der Waals surface area contributed by atoms with Gasteiger partial charge in [0.15, 0.2) is 0 Å². The molecule has 4 rings (SSSR count). The molecule has 0 aliphatic rings. The summed E-state index contributed by atoms with van der Waals surface area (Å²) in [4.78, 5) is 20.8. The molecule has 0 saturated heterocycles. The number of benzene rings is 1. The van der Waals surface area contributed by atoms with Gasteiger partial charge >= 0.3 is 5.97 Å². The Labute approximate surface area is 159 Å². The summed E-state index contributed by atoms with van der Waals surface area (Å²) < 4.78 is 6.70. The number of nitrogens with zero attached hydrogens (tertiary/aromatic N) is 4. The van der Waals surface area contributed by atoms with Gasteiger partial charge in [-0.15, -0.1) is 0 Å². The Kier molecular flexibility index (Phi) is 4.22. The fraction of sp³-hybridized carbons (Fsp3) is 0.100. The number of rotatable bonds is 3. The smallest absolute Gasteiger partial charge is 0.340 e. The SMILES string of the molecule is COC(=O)c1cn(Cc2ccc3ncc(Cl)cc3c2)c2nccc(C#N)c12. The quantitative estimate of drug-likeness (QED) is 0.506. The van der Waals surface area contributed by atoms with E-state index in [0.29, 0.717) is 33.7 Å². The summed E-state index contributed by atoms with van der Waals surface area (Å²) in [6.45, 7) is 0.470. The van der Waals surface area contributed by atoms with Crippen LogP contribution in [0.1, 0.15) is 21.5 Å². The Morgan fingerprint density at radius 1 is 1.30 bits per heavy atom. The van der Waals surface area contributed by atoms with Gasteiger partial charge in [-0.2, -0.15) is 5.26 Å². The van der Waals surface area contributed by atoms with Crippen LogP contribution in [0.4, 0.5) is 0 Å². The van der Waals surface area contributed by atoms with Gasteiger partial charge in [-0.1, -0.05) is 17.7 Å². The summed E-state index contributed by atoms with van der Waals surface area (Å²) >= 11 is 6.04. The molecule has 3 aromatic heterocycles. The molecule has 132 valence electrons. The van der Waals surface area contributed by atoms with Gasteiger partial charge in [0.05, 0.1) is 40.2 Å². The van der Waals surface area contributed by atoms with E-state index in [-0.39, 0.29) is 0 Å². The van der Waals surface area contributed by atoms with Crippen LogP contribution in [0.15, 0.2) is 48.9 Å². The van der Waals surface area contributed by atoms with Gasteiger partial charge in [-0.25, -0.2) is 9.78 Å². The standard InChI is InChI=1S/C20H13ClN4O2/c1-27-20(26)16-11-25(19-18(16)13(8-22)4-5-23-19)10-12-2-3-17-14(6-12)7-15(21)9-24-17/h2-7,9,11H,10H2,1H3. The van der Waals surface area contributed by atoms with Crippen LogP contribution >= 0.6 is 11.6 Å². The molecule has 0 atom stereocenters. The summed E-state index contributed by atoms with van der Waals surface area (Å²) in [5.74, 6) is -0.502. The van der Waals surface area contributed by atoms with E-state index in [1.807, 2.05) is 28.8 Å². The number of fused-ring (bicyclic) bond motifs is 2. The highest BCUT2D eigenvalue weighted by atomic mass is 35.5. The first-order valence-corrected chi connectivity index (χ1v) is 8.49. The van der Waals surface area contributed by atoms with Gasteiger partial charge in [0, 0.05) is 30.5 Å². The maximum atomic E-state index is 12.2. The second kappa shape index (κ2) is 6.71. The number of ether oxygens (including phenoxy) is 1. The lowest BCUT2D eigenvalue weighted by Crippen LogP contribution is -2.01. The van der Waals surface area contributed by atoms with Crippen molar-refractivity contribution in [2.45, 2.75) is 6.54 Å². The van der Waals surface area contributed by atoms with Crippen molar-refractivity contribution in [2.75, 3.05) is 7.11 Å². The number of hydrogen-bond acceptors (Lipinski definition) is 5. The summed E-state index contributed by atoms with van der Waals surface area (Å²) in [5, 5.41) is 11.4. The summed E-state index contributed by atoms with van der Waals surface area (Å²) in [6, 6.07) is 11.4. The number of methoxy groups -OCH3 is 1. The zero-order valence-electron chi connectivity index (χ0n) is 14.3. The Balaban J connectivity index is 1.85. The third-order valence-electron chi connectivity index (χ3n) is 4.35. The fourth-order valence-electron chi connectivity index (χ4n) is 3.14. The molecule has 0 aliphatic heterocycles. The molecular formula is C20H13ClN4O2. The molecule has 3 heterocycles. The molecule has 6 nitrogen and oxygen atoms in total. The molecule has 0 aliphatic carbocycles. The molecule has 0 amide bonds. The molecule has 0 spiro atoms. The highest BCUT2D eigenvalue weighted by molar-refractivity contribution is 6.31. The average Bonchev–Trinajstić information content (AvgIpc) is 3.05. The first-order valence-electron chi connectivity index (χ1n) is 8.11. The maximum Gasteiger partial charge on any atom is 0.340 e. The van der Waals surface area contributed by atoms with Gasteiger partial charge < -0.3 is 9.30 Å². The van der Waals surface area contributed by atoms with E-state index < -0.39 is 5.97 Å². The highest BCUT2D eigenvalue weighted by Gasteiger charge is 2.19. The molecule has 1 aromatic carbocycles. The minimum atomic E-state index is -0.502. The van der Waals surface area contributed by atoms with Crippen LogP contribution in [0.3, 0.4) is 0 Å². The molecule has 0 fully saturated rings. The number of esters is 1. The van der Waals surface area contributed by atoms with Crippen molar-refractivity contribution in [3.05, 3.63) is 70.6 Å². The summed E-state index contributed by atoms with van der Waals surface area (Å²) in [5.41, 5.74) is 3.10. The number of nitriles is 1. The first kappa shape index (κ1) is 17.0. The van der Waals surface area contributed by atoms with E-state index in [0.717, 1.165) is 16.5 Å². The van der Waals surface area contributed by atoms with Crippen LogP contribution in [-0.2, 0) is 11.3 Å². The molecule has 0 N–H and O–H groups in total. The van der Waals surface area contributed by atoms with E-state index in [1.54, 1.807) is 24.7 Å². The predicted molar refractivity (Wildman–Crippen MR) is 102 cm³/mol. The van der Waals surface area contributed by atoms with Gasteiger partial charge in [-0.05, 0) is 29.8 Å². The summed E-state index contributed by atoms with van der Waals surface area (Å²) in [7, 11) is 1.31. The van der Waals surface area contributed by atoms with Crippen molar-refractivity contribution in [2.24, 2.45) is 0 Å². The number of halogens is 1. The lowest BCUT2D eigenvalue weighted by Gasteiger charge is -2.07. The minimum Gasteiger partial charge on any atom is -0.465 e. The van der Waals surface area contributed by atoms with E-state index in [2.05, 4.69) is 16.0 Å². The largest absolute Gasteiger partial charge is 0.465 e. The van der Waals surface area contributed by atoms with E-state index >= 15 is 0 Å². The van der Waals surface area contributed by atoms with Crippen molar-refractivity contribution in [3.8, 4) is 6.07 Å². The Hall–Kier alpha value is -3.43. The third kappa shape index (κ3) is 2.98. The van der Waals surface area contributed by atoms with Gasteiger partial charge in [0.1, 0.15) is 5.65 Å². The number of carbonyl (C=O) groups is 1. The zero-order chi connectivity index (χ0) is 19.0. The van der Waals surface area contributed by atoms with Gasteiger partial charge in [0.25, 0.3) is 0 Å². The average molecular weight is 377 g/mol. The minimum absolute atomic E-state index is 0.322. The van der Waals surface area contributed by atoms with Crippen LogP contribution < -0.4 is 0 Å². The highest BCUT2D eigenvalue weighted by Crippen LogP contribution is 2.26. The lowest BCUT2D eigenvalue weighted by atomic mass is 10.1. The van der Waals surface area contributed by atoms with Crippen LogP contribution in [0.5, 0.6) is 0 Å². The number of aromatic nitrogens is 3. The number of carbonyl (C=O) groups excluding carboxylic acids is 1. The van der Waals surface area contributed by atoms with E-state index in [4.69, 9.17) is 16.3 Å². The van der Waals surface area contributed by atoms with E-state index in [9.17, 15) is 10.1 Å². The molecule has 0 bridgehead atoms. The molecular weight excluding hydrogens is 364 g/mol. The monoisotopic (exact) mass is 376 g/mol. The van der Waals surface area contributed by atoms with Crippen LogP contribution in [0.25, 0.3) is 21.9 Å². The summed E-state index contributed by atoms with van der Waals surface area (Å²) in [6.07, 6.45) is 4.84. The normalized spacial score (nSPS) is 10.9.